The van der Waals surface area contributed by atoms with Gasteiger partial charge in [0.1, 0.15) is 30.0 Å². The number of hydrogen-bond acceptors (Lipinski definition) is 6. The Balaban J connectivity index is 1.55. The average Bonchev–Trinajstić information content (AvgIpc) is 2.63. The second-order valence-electron chi connectivity index (χ2n) is 6.12. The van der Waals surface area contributed by atoms with Gasteiger partial charge in [-0.2, -0.15) is 0 Å². The van der Waals surface area contributed by atoms with Gasteiger partial charge in [0.15, 0.2) is 5.82 Å². The fourth-order valence-corrected chi connectivity index (χ4v) is 2.81. The average molecular weight is 346 g/mol. The van der Waals surface area contributed by atoms with Gasteiger partial charge in [0.2, 0.25) is 0 Å². The quantitative estimate of drug-likeness (QED) is 0.799. The molecule has 6 nitrogen and oxygen atoms in total. The number of benzene rings is 1. The van der Waals surface area contributed by atoms with Crippen molar-refractivity contribution in [1.82, 2.24) is 14.9 Å². The maximum absolute atomic E-state index is 12.9. The molecule has 1 saturated heterocycles. The molecular weight excluding hydrogens is 323 g/mol. The molecule has 0 N–H and O–H groups in total. The van der Waals surface area contributed by atoms with Crippen LogP contribution in [0.5, 0.6) is 5.75 Å². The van der Waals surface area contributed by atoms with Gasteiger partial charge in [0.25, 0.3) is 0 Å². The van der Waals surface area contributed by atoms with Crippen LogP contribution in [0.3, 0.4) is 0 Å². The summed E-state index contributed by atoms with van der Waals surface area (Å²) in [6.07, 6.45) is 3.28. The number of aromatic nitrogens is 2. The van der Waals surface area contributed by atoms with E-state index >= 15 is 0 Å². The van der Waals surface area contributed by atoms with Crippen LogP contribution in [-0.4, -0.2) is 61.8 Å². The molecule has 1 fully saturated rings. The number of ether oxygens (including phenoxy) is 2. The van der Waals surface area contributed by atoms with Crippen molar-refractivity contribution in [2.75, 3.05) is 51.8 Å². The molecule has 0 spiro atoms. The lowest BCUT2D eigenvalue weighted by Crippen LogP contribution is -2.41. The molecule has 1 aliphatic rings. The first kappa shape index (κ1) is 17.6. The molecule has 1 aromatic heterocycles. The standard InChI is InChI=1S/C18H23FN4O2/c1-22(2)18-17(20-7-8-21-18)16-13-23(10-12-25-16)9-11-24-15-5-3-14(19)4-6-15/h3-8,16H,9-13H2,1-2H3. The highest BCUT2D eigenvalue weighted by Crippen LogP contribution is 2.26. The summed E-state index contributed by atoms with van der Waals surface area (Å²) in [4.78, 5) is 13.1. The number of rotatable bonds is 6. The highest BCUT2D eigenvalue weighted by atomic mass is 19.1. The van der Waals surface area contributed by atoms with Gasteiger partial charge in [-0.1, -0.05) is 0 Å². The Morgan fingerprint density at radius 2 is 2.00 bits per heavy atom. The largest absolute Gasteiger partial charge is 0.492 e. The highest BCUT2D eigenvalue weighted by molar-refractivity contribution is 5.42. The van der Waals surface area contributed by atoms with Gasteiger partial charge in [-0.25, -0.2) is 9.37 Å². The Morgan fingerprint density at radius 3 is 2.76 bits per heavy atom. The van der Waals surface area contributed by atoms with Crippen molar-refractivity contribution in [2.24, 2.45) is 0 Å². The topological polar surface area (TPSA) is 50.7 Å². The molecule has 2 aromatic rings. The summed E-state index contributed by atoms with van der Waals surface area (Å²) >= 11 is 0. The summed E-state index contributed by atoms with van der Waals surface area (Å²) in [6.45, 7) is 3.55. The van der Waals surface area contributed by atoms with Gasteiger partial charge in [-0.05, 0) is 24.3 Å². The summed E-state index contributed by atoms with van der Waals surface area (Å²) in [7, 11) is 3.90. The van der Waals surface area contributed by atoms with Crippen LogP contribution in [0, 0.1) is 5.82 Å². The maximum atomic E-state index is 12.9. The molecule has 0 aliphatic carbocycles. The molecule has 0 amide bonds. The highest BCUT2D eigenvalue weighted by Gasteiger charge is 2.26. The Kier molecular flexibility index (Phi) is 5.78. The summed E-state index contributed by atoms with van der Waals surface area (Å²) in [5.41, 5.74) is 0.858. The predicted octanol–water partition coefficient (Wildman–Crippen LogP) is 2.13. The summed E-state index contributed by atoms with van der Waals surface area (Å²) in [5.74, 6) is 1.25. The number of hydrogen-bond donors (Lipinski definition) is 0. The fraction of sp³-hybridized carbons (Fsp3) is 0.444. The number of nitrogens with zero attached hydrogens (tertiary/aromatic N) is 4. The van der Waals surface area contributed by atoms with Crippen LogP contribution in [0.4, 0.5) is 10.2 Å². The maximum Gasteiger partial charge on any atom is 0.152 e. The second-order valence-corrected chi connectivity index (χ2v) is 6.12. The zero-order valence-electron chi connectivity index (χ0n) is 14.6. The van der Waals surface area contributed by atoms with E-state index in [9.17, 15) is 4.39 Å². The molecule has 1 aromatic carbocycles. The van der Waals surface area contributed by atoms with Crippen molar-refractivity contribution >= 4 is 5.82 Å². The summed E-state index contributed by atoms with van der Waals surface area (Å²) in [5, 5.41) is 0. The third-order valence-corrected chi connectivity index (χ3v) is 4.08. The van der Waals surface area contributed by atoms with E-state index in [1.54, 1.807) is 24.5 Å². The van der Waals surface area contributed by atoms with Crippen LogP contribution >= 0.6 is 0 Å². The van der Waals surface area contributed by atoms with Crippen LogP contribution in [0.15, 0.2) is 36.7 Å². The van der Waals surface area contributed by atoms with Gasteiger partial charge in [-0.15, -0.1) is 0 Å². The Labute approximate surface area is 147 Å². The van der Waals surface area contributed by atoms with Gasteiger partial charge in [-0.3, -0.25) is 9.88 Å². The van der Waals surface area contributed by atoms with E-state index in [-0.39, 0.29) is 11.9 Å². The van der Waals surface area contributed by atoms with E-state index in [1.165, 1.54) is 12.1 Å². The molecule has 1 aliphatic heterocycles. The second kappa shape index (κ2) is 8.22. The Bertz CT molecular complexity index is 681. The molecule has 0 saturated carbocycles. The van der Waals surface area contributed by atoms with Crippen molar-refractivity contribution in [2.45, 2.75) is 6.10 Å². The molecule has 134 valence electrons. The van der Waals surface area contributed by atoms with E-state index in [0.717, 1.165) is 31.1 Å². The SMILES string of the molecule is CN(C)c1nccnc1C1CN(CCOc2ccc(F)cc2)CCO1. The van der Waals surface area contributed by atoms with E-state index in [0.29, 0.717) is 19.0 Å². The van der Waals surface area contributed by atoms with Gasteiger partial charge < -0.3 is 14.4 Å². The van der Waals surface area contributed by atoms with Gasteiger partial charge >= 0.3 is 0 Å². The lowest BCUT2D eigenvalue weighted by Gasteiger charge is -2.33. The minimum atomic E-state index is -0.260. The van der Waals surface area contributed by atoms with Crippen molar-refractivity contribution in [3.8, 4) is 5.75 Å². The van der Waals surface area contributed by atoms with Crippen LogP contribution in [0.1, 0.15) is 11.8 Å². The number of anilines is 1. The molecule has 1 unspecified atom stereocenters. The smallest absolute Gasteiger partial charge is 0.152 e. The summed E-state index contributed by atoms with van der Waals surface area (Å²) in [6, 6.07) is 6.08. The first-order valence-electron chi connectivity index (χ1n) is 8.34. The van der Waals surface area contributed by atoms with E-state index in [2.05, 4.69) is 14.9 Å². The zero-order valence-corrected chi connectivity index (χ0v) is 14.6. The van der Waals surface area contributed by atoms with Crippen molar-refractivity contribution < 1.29 is 13.9 Å². The normalized spacial score (nSPS) is 18.1. The van der Waals surface area contributed by atoms with Crippen LogP contribution in [0.2, 0.25) is 0 Å². The molecule has 0 bridgehead atoms. The third kappa shape index (κ3) is 4.64. The first-order valence-corrected chi connectivity index (χ1v) is 8.34. The van der Waals surface area contributed by atoms with Crippen molar-refractivity contribution in [1.29, 1.82) is 0 Å². The van der Waals surface area contributed by atoms with Crippen molar-refractivity contribution in [3.63, 3.8) is 0 Å². The molecule has 7 heteroatoms. The Morgan fingerprint density at radius 1 is 1.24 bits per heavy atom. The van der Waals surface area contributed by atoms with Crippen LogP contribution in [-0.2, 0) is 4.74 Å². The number of halogens is 1. The summed E-state index contributed by atoms with van der Waals surface area (Å²) < 4.78 is 24.5. The van der Waals surface area contributed by atoms with Gasteiger partial charge in [0, 0.05) is 46.1 Å². The van der Waals surface area contributed by atoms with Crippen LogP contribution in [0.25, 0.3) is 0 Å². The third-order valence-electron chi connectivity index (χ3n) is 4.08. The fourth-order valence-electron chi connectivity index (χ4n) is 2.81. The van der Waals surface area contributed by atoms with Crippen molar-refractivity contribution in [3.05, 3.63) is 48.2 Å². The molecule has 3 rings (SSSR count). The lowest BCUT2D eigenvalue weighted by atomic mass is 10.2. The van der Waals surface area contributed by atoms with Crippen LogP contribution < -0.4 is 9.64 Å². The molecule has 0 radical (unpaired) electrons. The van der Waals surface area contributed by atoms with Gasteiger partial charge in [0.05, 0.1) is 6.61 Å². The molecule has 1 atom stereocenters. The first-order chi connectivity index (χ1) is 12.1. The van der Waals surface area contributed by atoms with E-state index in [4.69, 9.17) is 9.47 Å². The Hall–Kier alpha value is -2.25. The zero-order chi connectivity index (χ0) is 17.6. The molecular formula is C18H23FN4O2. The monoisotopic (exact) mass is 346 g/mol. The minimum Gasteiger partial charge on any atom is -0.492 e. The number of morpholine rings is 1. The minimum absolute atomic E-state index is 0.106. The molecule has 2 heterocycles. The van der Waals surface area contributed by atoms with E-state index < -0.39 is 0 Å². The molecule has 25 heavy (non-hydrogen) atoms. The predicted molar refractivity (Wildman–Crippen MR) is 93.4 cm³/mol. The van der Waals surface area contributed by atoms with E-state index in [1.807, 2.05) is 19.0 Å². The lowest BCUT2D eigenvalue weighted by molar-refractivity contribution is -0.0348.